The van der Waals surface area contributed by atoms with Crippen molar-refractivity contribution in [3.63, 3.8) is 0 Å². The van der Waals surface area contributed by atoms with E-state index >= 15 is 0 Å². The van der Waals surface area contributed by atoms with Crippen molar-refractivity contribution in [1.29, 1.82) is 0 Å². The first-order valence-electron chi connectivity index (χ1n) is 11.0. The van der Waals surface area contributed by atoms with Gasteiger partial charge in [0.1, 0.15) is 5.82 Å². The molecule has 1 aliphatic heterocycles. The number of carbonyl (C=O) groups excluding carboxylic acids is 1. The number of rotatable bonds is 7. The second kappa shape index (κ2) is 10.3. The number of benzene rings is 2. The van der Waals surface area contributed by atoms with E-state index in [1.165, 1.54) is 12.3 Å². The second-order valence-corrected chi connectivity index (χ2v) is 8.91. The van der Waals surface area contributed by atoms with E-state index in [9.17, 15) is 9.18 Å². The highest BCUT2D eigenvalue weighted by Crippen LogP contribution is 2.30. The molecule has 168 valence electrons. The zero-order valence-electron chi connectivity index (χ0n) is 18.2. The third kappa shape index (κ3) is 5.40. The second-order valence-electron chi connectivity index (χ2n) is 8.50. The SMILES string of the molecule is CN(C(=O)c1ccco1)[C@H](Cc1ccccc1Cl)C1CCN(Cc2cccc(F)c2)CC1. The molecule has 0 radical (unpaired) electrons. The Balaban J connectivity index is 1.47. The largest absolute Gasteiger partial charge is 0.459 e. The summed E-state index contributed by atoms with van der Waals surface area (Å²) in [5.41, 5.74) is 2.03. The molecule has 6 heteroatoms. The lowest BCUT2D eigenvalue weighted by Crippen LogP contribution is -2.47. The number of hydrogen-bond acceptors (Lipinski definition) is 3. The fourth-order valence-electron chi connectivity index (χ4n) is 4.62. The van der Waals surface area contributed by atoms with Gasteiger partial charge in [-0.2, -0.15) is 0 Å². The Hall–Kier alpha value is -2.63. The predicted molar refractivity (Wildman–Crippen MR) is 124 cm³/mol. The normalized spacial score (nSPS) is 16.1. The molecule has 0 N–H and O–H groups in total. The van der Waals surface area contributed by atoms with Crippen LogP contribution in [0.2, 0.25) is 5.02 Å². The van der Waals surface area contributed by atoms with Crippen LogP contribution in [0.3, 0.4) is 0 Å². The van der Waals surface area contributed by atoms with Gasteiger partial charge in [-0.25, -0.2) is 4.39 Å². The van der Waals surface area contributed by atoms with E-state index in [1.807, 2.05) is 42.3 Å². The Kier molecular flexibility index (Phi) is 7.28. The fourth-order valence-corrected chi connectivity index (χ4v) is 4.84. The first-order valence-corrected chi connectivity index (χ1v) is 11.4. The van der Waals surface area contributed by atoms with Gasteiger partial charge in [0.25, 0.3) is 5.91 Å². The average molecular weight is 455 g/mol. The van der Waals surface area contributed by atoms with Crippen molar-refractivity contribution < 1.29 is 13.6 Å². The zero-order valence-corrected chi connectivity index (χ0v) is 19.0. The molecular weight excluding hydrogens is 427 g/mol. The Morgan fingerprint density at radius 2 is 1.94 bits per heavy atom. The number of amides is 1. The van der Waals surface area contributed by atoms with Crippen molar-refractivity contribution >= 4 is 17.5 Å². The summed E-state index contributed by atoms with van der Waals surface area (Å²) in [6.45, 7) is 2.55. The maximum absolute atomic E-state index is 13.5. The van der Waals surface area contributed by atoms with Crippen LogP contribution < -0.4 is 0 Å². The summed E-state index contributed by atoms with van der Waals surface area (Å²) in [5, 5.41) is 0.722. The highest BCUT2D eigenvalue weighted by Gasteiger charge is 2.33. The third-order valence-corrected chi connectivity index (χ3v) is 6.78. The van der Waals surface area contributed by atoms with Crippen molar-refractivity contribution in [3.8, 4) is 0 Å². The molecule has 32 heavy (non-hydrogen) atoms. The van der Waals surface area contributed by atoms with Gasteiger partial charge in [0.05, 0.1) is 6.26 Å². The molecule has 1 fully saturated rings. The first-order chi connectivity index (χ1) is 15.5. The number of carbonyl (C=O) groups is 1. The molecule has 4 nitrogen and oxygen atoms in total. The molecule has 0 saturated carbocycles. The van der Waals surface area contributed by atoms with Gasteiger partial charge in [-0.1, -0.05) is 41.9 Å². The molecule has 2 aromatic carbocycles. The van der Waals surface area contributed by atoms with Crippen LogP contribution in [-0.4, -0.2) is 41.9 Å². The highest BCUT2D eigenvalue weighted by atomic mass is 35.5. The van der Waals surface area contributed by atoms with Crippen LogP contribution in [-0.2, 0) is 13.0 Å². The van der Waals surface area contributed by atoms with Gasteiger partial charge in [0, 0.05) is 24.7 Å². The number of hydrogen-bond donors (Lipinski definition) is 0. The van der Waals surface area contributed by atoms with Crippen LogP contribution in [0.5, 0.6) is 0 Å². The number of halogens is 2. The molecule has 1 saturated heterocycles. The molecule has 0 bridgehead atoms. The van der Waals surface area contributed by atoms with Crippen molar-refractivity contribution in [2.75, 3.05) is 20.1 Å². The van der Waals surface area contributed by atoms with E-state index in [1.54, 1.807) is 24.3 Å². The third-order valence-electron chi connectivity index (χ3n) is 6.41. The summed E-state index contributed by atoms with van der Waals surface area (Å²) < 4.78 is 18.9. The average Bonchev–Trinajstić information content (AvgIpc) is 3.33. The molecule has 0 aliphatic carbocycles. The van der Waals surface area contributed by atoms with Crippen molar-refractivity contribution in [2.45, 2.75) is 31.8 Å². The molecule has 0 spiro atoms. The summed E-state index contributed by atoms with van der Waals surface area (Å²) in [4.78, 5) is 17.2. The van der Waals surface area contributed by atoms with Gasteiger partial charge in [-0.15, -0.1) is 0 Å². The fraction of sp³-hybridized carbons (Fsp3) is 0.346. The zero-order chi connectivity index (χ0) is 22.5. The smallest absolute Gasteiger partial charge is 0.289 e. The molecular formula is C26H28ClFN2O2. The lowest BCUT2D eigenvalue weighted by Gasteiger charge is -2.40. The van der Waals surface area contributed by atoms with E-state index in [4.69, 9.17) is 16.0 Å². The first kappa shape index (κ1) is 22.6. The van der Waals surface area contributed by atoms with Gasteiger partial charge in [-0.3, -0.25) is 9.69 Å². The summed E-state index contributed by atoms with van der Waals surface area (Å²) in [5.74, 6) is 0.364. The van der Waals surface area contributed by atoms with Gasteiger partial charge in [0.15, 0.2) is 5.76 Å². The van der Waals surface area contributed by atoms with Crippen LogP contribution in [0, 0.1) is 11.7 Å². The van der Waals surface area contributed by atoms with E-state index < -0.39 is 0 Å². The molecule has 1 amide bonds. The predicted octanol–water partition coefficient (Wildman–Crippen LogP) is 5.67. The number of likely N-dealkylation sites (tertiary alicyclic amines) is 1. The Labute approximate surface area is 193 Å². The van der Waals surface area contributed by atoms with Crippen LogP contribution in [0.1, 0.15) is 34.5 Å². The minimum Gasteiger partial charge on any atom is -0.459 e. The van der Waals surface area contributed by atoms with Crippen molar-refractivity contribution in [3.05, 3.63) is 94.7 Å². The Morgan fingerprint density at radius 1 is 1.16 bits per heavy atom. The topological polar surface area (TPSA) is 36.7 Å². The van der Waals surface area contributed by atoms with Crippen LogP contribution in [0.15, 0.2) is 71.3 Å². The molecule has 1 aliphatic rings. The van der Waals surface area contributed by atoms with Crippen molar-refractivity contribution in [2.24, 2.45) is 5.92 Å². The van der Waals surface area contributed by atoms with E-state index in [2.05, 4.69) is 4.90 Å². The van der Waals surface area contributed by atoms with Crippen molar-refractivity contribution in [1.82, 2.24) is 9.80 Å². The Bertz CT molecular complexity index is 1030. The molecule has 1 atom stereocenters. The highest BCUT2D eigenvalue weighted by molar-refractivity contribution is 6.31. The maximum atomic E-state index is 13.5. The van der Waals surface area contributed by atoms with Crippen LogP contribution in [0.25, 0.3) is 0 Å². The summed E-state index contributed by atoms with van der Waals surface area (Å²) in [6.07, 6.45) is 4.13. The summed E-state index contributed by atoms with van der Waals surface area (Å²) in [7, 11) is 1.85. The van der Waals surface area contributed by atoms with Gasteiger partial charge in [0.2, 0.25) is 0 Å². The van der Waals surface area contributed by atoms with Crippen LogP contribution in [0.4, 0.5) is 4.39 Å². The molecule has 0 unspecified atom stereocenters. The van der Waals surface area contributed by atoms with E-state index in [0.29, 0.717) is 18.1 Å². The quantitative estimate of drug-likeness (QED) is 0.461. The molecule has 4 rings (SSSR count). The lowest BCUT2D eigenvalue weighted by molar-refractivity contribution is 0.0556. The summed E-state index contributed by atoms with van der Waals surface area (Å²) >= 11 is 6.46. The number of nitrogens with zero attached hydrogens (tertiary/aromatic N) is 2. The lowest BCUT2D eigenvalue weighted by atomic mass is 9.84. The maximum Gasteiger partial charge on any atom is 0.289 e. The number of furan rings is 1. The minimum atomic E-state index is -0.199. The molecule has 1 aromatic heterocycles. The minimum absolute atomic E-state index is 0.00354. The molecule has 2 heterocycles. The number of piperidine rings is 1. The van der Waals surface area contributed by atoms with Crippen LogP contribution >= 0.6 is 11.6 Å². The summed E-state index contributed by atoms with van der Waals surface area (Å²) in [6, 6.07) is 18.0. The monoisotopic (exact) mass is 454 g/mol. The standard InChI is InChI=1S/C26H28ClFN2O2/c1-29(26(31)25-10-5-15-32-25)24(17-21-7-2-3-9-23(21)27)20-11-13-30(14-12-20)18-19-6-4-8-22(28)16-19/h2-10,15-16,20,24H,11-14,17-18H2,1H3/t24-/m1/s1. The van der Waals surface area contributed by atoms with E-state index in [-0.39, 0.29) is 17.8 Å². The molecule has 3 aromatic rings. The number of likely N-dealkylation sites (N-methyl/N-ethyl adjacent to an activating group) is 1. The van der Waals surface area contributed by atoms with Gasteiger partial charge < -0.3 is 9.32 Å². The Morgan fingerprint density at radius 3 is 2.62 bits per heavy atom. The van der Waals surface area contributed by atoms with Gasteiger partial charge in [-0.05, 0) is 79.7 Å². The van der Waals surface area contributed by atoms with E-state index in [0.717, 1.165) is 48.6 Å². The van der Waals surface area contributed by atoms with Gasteiger partial charge >= 0.3 is 0 Å².